The number of nitrogens with one attached hydrogen (secondary N) is 1. The number of fused-ring (bicyclic) bond motifs is 4. The SMILES string of the molecule is COCC(=O)N1C[C@@H]2C(=O)NCCCN(C(=O)c3cccc(N(C)C)c3)CCOc3cc(ccc3OC)[C@H]2C1.O=CO. The second-order valence-corrected chi connectivity index (χ2v) is 10.2. The highest BCUT2D eigenvalue weighted by molar-refractivity contribution is 5.95. The number of anilines is 1. The highest BCUT2D eigenvalue weighted by Gasteiger charge is 2.40. The largest absolute Gasteiger partial charge is 0.493 e. The summed E-state index contributed by atoms with van der Waals surface area (Å²) in [7, 11) is 6.93. The maximum atomic E-state index is 13.5. The summed E-state index contributed by atoms with van der Waals surface area (Å²) in [4.78, 5) is 53.1. The van der Waals surface area contributed by atoms with Gasteiger partial charge in [-0.3, -0.25) is 19.2 Å². The first-order valence-electron chi connectivity index (χ1n) is 13.7. The summed E-state index contributed by atoms with van der Waals surface area (Å²) in [5.74, 6) is 0.145. The van der Waals surface area contributed by atoms with Gasteiger partial charge in [0, 0.05) is 64.6 Å². The third-order valence-corrected chi connectivity index (χ3v) is 7.31. The monoisotopic (exact) mass is 584 g/mol. The standard InChI is InChI=1S/C29H38N4O6.CH2O2/c1-31(2)22-8-5-7-21(15-22)29(36)32-12-6-11-30-28(35)24-18-33(27(34)19-37-3)17-23(24)20-9-10-25(38-4)26(16-20)39-14-13-32;2-1-3/h5,7-10,15-16,23-24H,6,11-14,17-19H2,1-4H3,(H,30,35);1H,(H,2,3)/t23-,24+;/m1./s1. The number of benzene rings is 2. The molecule has 0 spiro atoms. The third-order valence-electron chi connectivity index (χ3n) is 7.31. The number of likely N-dealkylation sites (tertiary alicyclic amines) is 1. The van der Waals surface area contributed by atoms with Gasteiger partial charge < -0.3 is 39.3 Å². The molecule has 12 heteroatoms. The van der Waals surface area contributed by atoms with Crippen molar-refractivity contribution in [2.45, 2.75) is 12.3 Å². The van der Waals surface area contributed by atoms with Crippen molar-refractivity contribution >= 4 is 29.9 Å². The molecule has 2 N–H and O–H groups in total. The van der Waals surface area contributed by atoms with Gasteiger partial charge in [-0.1, -0.05) is 12.1 Å². The molecule has 228 valence electrons. The van der Waals surface area contributed by atoms with E-state index >= 15 is 0 Å². The van der Waals surface area contributed by atoms with Gasteiger partial charge in [0.05, 0.1) is 19.6 Å². The average molecular weight is 585 g/mol. The lowest BCUT2D eigenvalue weighted by atomic mass is 9.88. The summed E-state index contributed by atoms with van der Waals surface area (Å²) in [5, 5.41) is 9.93. The predicted octanol–water partition coefficient (Wildman–Crippen LogP) is 1.69. The summed E-state index contributed by atoms with van der Waals surface area (Å²) in [5.41, 5.74) is 2.43. The van der Waals surface area contributed by atoms with Crippen molar-refractivity contribution in [1.29, 1.82) is 0 Å². The minimum Gasteiger partial charge on any atom is -0.493 e. The Hall–Kier alpha value is -4.32. The van der Waals surface area contributed by atoms with Gasteiger partial charge in [-0.05, 0) is 42.3 Å². The lowest BCUT2D eigenvalue weighted by Crippen LogP contribution is -2.39. The Labute approximate surface area is 246 Å². The number of nitrogens with zero attached hydrogens (tertiary/aromatic N) is 3. The summed E-state index contributed by atoms with van der Waals surface area (Å²) in [6, 6.07) is 13.1. The van der Waals surface area contributed by atoms with Gasteiger partial charge in [0.2, 0.25) is 11.8 Å². The molecule has 2 aromatic carbocycles. The lowest BCUT2D eigenvalue weighted by Gasteiger charge is -2.25. The van der Waals surface area contributed by atoms with Crippen molar-refractivity contribution in [3.05, 3.63) is 53.6 Å². The van der Waals surface area contributed by atoms with Gasteiger partial charge >= 0.3 is 0 Å². The fraction of sp³-hybridized carbons (Fsp3) is 0.467. The van der Waals surface area contributed by atoms with Crippen molar-refractivity contribution in [2.75, 3.05) is 79.2 Å². The molecule has 4 rings (SSSR count). The molecule has 3 amide bonds. The van der Waals surface area contributed by atoms with E-state index in [-0.39, 0.29) is 43.3 Å². The van der Waals surface area contributed by atoms with Crippen LogP contribution in [0.1, 0.15) is 28.3 Å². The second-order valence-electron chi connectivity index (χ2n) is 10.2. The Morgan fingerprint density at radius 2 is 1.83 bits per heavy atom. The van der Waals surface area contributed by atoms with E-state index in [0.717, 1.165) is 11.3 Å². The van der Waals surface area contributed by atoms with Crippen molar-refractivity contribution in [2.24, 2.45) is 5.92 Å². The molecular weight excluding hydrogens is 544 g/mol. The van der Waals surface area contributed by atoms with Crippen LogP contribution in [-0.4, -0.2) is 113 Å². The molecule has 2 aliphatic heterocycles. The quantitative estimate of drug-likeness (QED) is 0.503. The van der Waals surface area contributed by atoms with Gasteiger partial charge in [0.25, 0.3) is 12.4 Å². The zero-order valence-corrected chi connectivity index (χ0v) is 24.6. The van der Waals surface area contributed by atoms with Crippen LogP contribution in [0.4, 0.5) is 5.69 Å². The molecule has 0 unspecified atom stereocenters. The van der Waals surface area contributed by atoms with Crippen molar-refractivity contribution in [3.63, 3.8) is 0 Å². The molecule has 2 aromatic rings. The van der Waals surface area contributed by atoms with Gasteiger partial charge in [-0.15, -0.1) is 0 Å². The van der Waals surface area contributed by atoms with Crippen molar-refractivity contribution in [3.8, 4) is 11.5 Å². The number of hydrogen-bond acceptors (Lipinski definition) is 8. The molecule has 0 radical (unpaired) electrons. The molecule has 2 aliphatic rings. The van der Waals surface area contributed by atoms with E-state index in [0.29, 0.717) is 56.2 Å². The Morgan fingerprint density at radius 3 is 2.52 bits per heavy atom. The van der Waals surface area contributed by atoms with E-state index in [1.165, 1.54) is 7.11 Å². The number of methoxy groups -OCH3 is 2. The summed E-state index contributed by atoms with van der Waals surface area (Å²) in [6.07, 6.45) is 0.586. The van der Waals surface area contributed by atoms with Crippen LogP contribution in [0.25, 0.3) is 0 Å². The van der Waals surface area contributed by atoms with E-state index in [9.17, 15) is 14.4 Å². The van der Waals surface area contributed by atoms with E-state index in [2.05, 4.69) is 5.32 Å². The van der Waals surface area contributed by atoms with E-state index in [4.69, 9.17) is 24.1 Å². The maximum absolute atomic E-state index is 13.5. The van der Waals surface area contributed by atoms with Gasteiger partial charge in [-0.25, -0.2) is 0 Å². The fourth-order valence-corrected chi connectivity index (χ4v) is 5.16. The van der Waals surface area contributed by atoms with Crippen LogP contribution in [0, 0.1) is 5.92 Å². The molecular formula is C30H40N4O8. The van der Waals surface area contributed by atoms with Gasteiger partial charge in [0.15, 0.2) is 11.5 Å². The Bertz CT molecular complexity index is 1240. The van der Waals surface area contributed by atoms with Crippen LogP contribution in [-0.2, 0) is 19.1 Å². The van der Waals surface area contributed by atoms with Crippen LogP contribution in [0.2, 0.25) is 0 Å². The van der Waals surface area contributed by atoms with E-state index < -0.39 is 5.92 Å². The summed E-state index contributed by atoms with van der Waals surface area (Å²) in [6.45, 7) is 1.98. The molecule has 42 heavy (non-hydrogen) atoms. The second kappa shape index (κ2) is 15.6. The number of amides is 3. The average Bonchev–Trinajstić information content (AvgIpc) is 3.44. The van der Waals surface area contributed by atoms with Crippen molar-refractivity contribution < 1.29 is 38.5 Å². The smallest absolute Gasteiger partial charge is 0.290 e. The van der Waals surface area contributed by atoms with E-state index in [1.54, 1.807) is 16.9 Å². The number of carbonyl (C=O) groups excluding carboxylic acids is 3. The van der Waals surface area contributed by atoms with Crippen LogP contribution >= 0.6 is 0 Å². The number of ether oxygens (including phenoxy) is 3. The lowest BCUT2D eigenvalue weighted by molar-refractivity contribution is -0.134. The number of carboxylic acid groups (broad SMARTS) is 1. The third kappa shape index (κ3) is 8.12. The molecule has 0 saturated carbocycles. The molecule has 0 aromatic heterocycles. The van der Waals surface area contributed by atoms with Gasteiger partial charge in [0.1, 0.15) is 13.2 Å². The summed E-state index contributed by atoms with van der Waals surface area (Å²) >= 11 is 0. The Balaban J connectivity index is 0.00000155. The first-order valence-corrected chi connectivity index (χ1v) is 13.7. The molecule has 0 aliphatic carbocycles. The number of hydrogen-bond donors (Lipinski definition) is 2. The fourth-order valence-electron chi connectivity index (χ4n) is 5.16. The van der Waals surface area contributed by atoms with E-state index in [1.807, 2.05) is 61.5 Å². The Kier molecular flexibility index (Phi) is 12.0. The maximum Gasteiger partial charge on any atom is 0.290 e. The zero-order chi connectivity index (χ0) is 30.6. The van der Waals surface area contributed by atoms with Crippen molar-refractivity contribution in [1.82, 2.24) is 15.1 Å². The summed E-state index contributed by atoms with van der Waals surface area (Å²) < 4.78 is 16.7. The van der Waals surface area contributed by atoms with Crippen LogP contribution < -0.4 is 19.7 Å². The normalized spacial score (nSPS) is 18.7. The first-order chi connectivity index (χ1) is 20.2. The first kappa shape index (κ1) is 32.2. The number of carbonyl (C=O) groups is 4. The molecule has 2 heterocycles. The van der Waals surface area contributed by atoms with Crippen LogP contribution in [0.15, 0.2) is 42.5 Å². The zero-order valence-electron chi connectivity index (χ0n) is 24.6. The molecule has 2 atom stereocenters. The molecule has 1 saturated heterocycles. The highest BCUT2D eigenvalue weighted by atomic mass is 16.5. The number of rotatable bonds is 5. The van der Waals surface area contributed by atoms with Crippen LogP contribution in [0.3, 0.4) is 0 Å². The Morgan fingerprint density at radius 1 is 1.10 bits per heavy atom. The highest BCUT2D eigenvalue weighted by Crippen LogP contribution is 2.38. The van der Waals surface area contributed by atoms with Crippen LogP contribution in [0.5, 0.6) is 11.5 Å². The minimum atomic E-state index is -0.415. The molecule has 1 fully saturated rings. The molecule has 12 nitrogen and oxygen atoms in total. The molecule has 2 bridgehead atoms. The topological polar surface area (TPSA) is 138 Å². The minimum absolute atomic E-state index is 0.0284. The predicted molar refractivity (Wildman–Crippen MR) is 156 cm³/mol. The van der Waals surface area contributed by atoms with Gasteiger partial charge in [-0.2, -0.15) is 0 Å².